The Morgan fingerprint density at radius 3 is 2.82 bits per heavy atom. The van der Waals surface area contributed by atoms with Crippen molar-refractivity contribution >= 4 is 5.91 Å². The summed E-state index contributed by atoms with van der Waals surface area (Å²) < 4.78 is 37.1. The third-order valence-electron chi connectivity index (χ3n) is 4.98. The number of benzene rings is 1. The van der Waals surface area contributed by atoms with E-state index in [1.54, 1.807) is 0 Å². The minimum Gasteiger partial charge on any atom is -0.481 e. The second-order valence-corrected chi connectivity index (χ2v) is 7.25. The van der Waals surface area contributed by atoms with Gasteiger partial charge in [-0.25, -0.2) is 9.37 Å². The Morgan fingerprint density at radius 1 is 1.36 bits per heavy atom. The Bertz CT molecular complexity index is 802. The summed E-state index contributed by atoms with van der Waals surface area (Å²) in [5, 5.41) is 2.89. The zero-order valence-electron chi connectivity index (χ0n) is 16.1. The number of rotatable bonds is 7. The van der Waals surface area contributed by atoms with E-state index in [4.69, 9.17) is 9.15 Å². The van der Waals surface area contributed by atoms with Crippen molar-refractivity contribution in [2.75, 3.05) is 19.6 Å². The predicted octanol–water partition coefficient (Wildman–Crippen LogP) is 3.38. The van der Waals surface area contributed by atoms with Gasteiger partial charge in [-0.2, -0.15) is 4.39 Å². The fraction of sp³-hybridized carbons (Fsp3) is 0.500. The van der Waals surface area contributed by atoms with Crippen LogP contribution in [0.5, 0.6) is 5.75 Å². The van der Waals surface area contributed by atoms with Crippen LogP contribution in [-0.2, 0) is 6.61 Å². The summed E-state index contributed by atoms with van der Waals surface area (Å²) in [6, 6.07) is 4.20. The summed E-state index contributed by atoms with van der Waals surface area (Å²) >= 11 is 0. The normalized spacial score (nSPS) is 15.8. The van der Waals surface area contributed by atoms with E-state index < -0.39 is 11.6 Å². The number of hydrogen-bond acceptors (Lipinski definition) is 5. The lowest BCUT2D eigenvalue weighted by atomic mass is 9.96. The van der Waals surface area contributed by atoms with E-state index in [2.05, 4.69) is 29.0 Å². The highest BCUT2D eigenvalue weighted by atomic mass is 19.2. The molecule has 3 rings (SSSR count). The van der Waals surface area contributed by atoms with Gasteiger partial charge in [0.05, 0.1) is 0 Å². The zero-order chi connectivity index (χ0) is 20.1. The first-order chi connectivity index (χ1) is 13.4. The van der Waals surface area contributed by atoms with Crippen LogP contribution in [0.2, 0.25) is 0 Å². The van der Waals surface area contributed by atoms with Gasteiger partial charge in [0.15, 0.2) is 23.9 Å². The van der Waals surface area contributed by atoms with Gasteiger partial charge in [-0.05, 0) is 57.8 Å². The summed E-state index contributed by atoms with van der Waals surface area (Å²) in [6.45, 7) is 6.85. The van der Waals surface area contributed by atoms with E-state index in [0.717, 1.165) is 32.0 Å². The number of aromatic nitrogens is 1. The fourth-order valence-corrected chi connectivity index (χ4v) is 3.22. The van der Waals surface area contributed by atoms with Crippen LogP contribution in [-0.4, -0.2) is 41.5 Å². The molecular formula is C20H25F2N3O3. The Morgan fingerprint density at radius 2 is 2.11 bits per heavy atom. The number of carbonyl (C=O) groups excluding carboxylic acids is 1. The maximum atomic E-state index is 13.6. The Hall–Kier alpha value is -2.48. The number of piperidine rings is 1. The average Bonchev–Trinajstić information content (AvgIpc) is 3.16. The highest BCUT2D eigenvalue weighted by molar-refractivity contribution is 5.91. The maximum Gasteiger partial charge on any atom is 0.273 e. The minimum absolute atomic E-state index is 0.110. The molecule has 1 saturated heterocycles. The quantitative estimate of drug-likeness (QED) is 0.781. The first-order valence-electron chi connectivity index (χ1n) is 9.47. The number of amides is 1. The van der Waals surface area contributed by atoms with Crippen molar-refractivity contribution in [1.29, 1.82) is 0 Å². The lowest BCUT2D eigenvalue weighted by Gasteiger charge is -2.34. The highest BCUT2D eigenvalue weighted by Gasteiger charge is 2.22. The van der Waals surface area contributed by atoms with Crippen molar-refractivity contribution in [1.82, 2.24) is 15.2 Å². The molecule has 0 atom stereocenters. The van der Waals surface area contributed by atoms with Crippen LogP contribution in [0, 0.1) is 17.6 Å². The van der Waals surface area contributed by atoms with E-state index in [9.17, 15) is 13.6 Å². The van der Waals surface area contributed by atoms with E-state index in [1.165, 1.54) is 18.4 Å². The van der Waals surface area contributed by atoms with Crippen LogP contribution in [0.3, 0.4) is 0 Å². The van der Waals surface area contributed by atoms with Gasteiger partial charge in [0.1, 0.15) is 6.26 Å². The molecule has 8 heteroatoms. The van der Waals surface area contributed by atoms with E-state index in [-0.39, 0.29) is 29.8 Å². The largest absolute Gasteiger partial charge is 0.481 e. The molecule has 0 unspecified atom stereocenters. The molecule has 28 heavy (non-hydrogen) atoms. The Kier molecular flexibility index (Phi) is 6.61. The fourth-order valence-electron chi connectivity index (χ4n) is 3.22. The van der Waals surface area contributed by atoms with Crippen LogP contribution in [0.4, 0.5) is 8.78 Å². The van der Waals surface area contributed by atoms with E-state index in [0.29, 0.717) is 18.5 Å². The maximum absolute atomic E-state index is 13.6. The molecule has 1 fully saturated rings. The van der Waals surface area contributed by atoms with Gasteiger partial charge in [0.25, 0.3) is 5.91 Å². The minimum atomic E-state index is -1.07. The molecule has 152 valence electrons. The second kappa shape index (κ2) is 9.14. The van der Waals surface area contributed by atoms with Crippen molar-refractivity contribution < 1.29 is 22.7 Å². The number of hydrogen-bond donors (Lipinski definition) is 1. The summed E-state index contributed by atoms with van der Waals surface area (Å²) in [5.41, 5.74) is 0.137. The number of halogens is 2. The Labute approximate surface area is 162 Å². The molecule has 6 nitrogen and oxygen atoms in total. The Balaban J connectivity index is 1.46. The van der Waals surface area contributed by atoms with Gasteiger partial charge in [-0.1, -0.05) is 6.07 Å². The highest BCUT2D eigenvalue weighted by Crippen LogP contribution is 2.20. The lowest BCUT2D eigenvalue weighted by Crippen LogP contribution is -2.41. The van der Waals surface area contributed by atoms with Crippen LogP contribution < -0.4 is 10.1 Å². The van der Waals surface area contributed by atoms with Gasteiger partial charge < -0.3 is 19.4 Å². The van der Waals surface area contributed by atoms with Crippen molar-refractivity contribution in [2.45, 2.75) is 39.3 Å². The van der Waals surface area contributed by atoms with Crippen LogP contribution in [0.1, 0.15) is 43.1 Å². The molecule has 0 aliphatic carbocycles. The van der Waals surface area contributed by atoms with Crippen molar-refractivity contribution in [3.8, 4) is 5.75 Å². The molecule has 2 aromatic rings. The molecule has 0 saturated carbocycles. The molecule has 1 amide bonds. The second-order valence-electron chi connectivity index (χ2n) is 7.25. The molecule has 1 aromatic heterocycles. The standard InChI is InChI=1S/C20H25F2N3O3/c1-13(2)25-8-6-14(7-9-25)10-23-20(26)16-11-28-18(24-16)12-27-17-5-3-4-15(21)19(17)22/h3-5,11,13-14H,6-10,12H2,1-2H3,(H,23,26). The van der Waals surface area contributed by atoms with Gasteiger partial charge in [-0.15, -0.1) is 0 Å². The molecule has 0 spiro atoms. The molecular weight excluding hydrogens is 368 g/mol. The lowest BCUT2D eigenvalue weighted by molar-refractivity contribution is 0.0924. The first-order valence-corrected chi connectivity index (χ1v) is 9.47. The van der Waals surface area contributed by atoms with Gasteiger partial charge in [0, 0.05) is 12.6 Å². The van der Waals surface area contributed by atoms with Gasteiger partial charge in [0.2, 0.25) is 11.7 Å². The predicted molar refractivity (Wildman–Crippen MR) is 99.0 cm³/mol. The molecule has 1 aliphatic rings. The topological polar surface area (TPSA) is 67.6 Å². The smallest absolute Gasteiger partial charge is 0.273 e. The van der Waals surface area contributed by atoms with Crippen LogP contribution in [0.25, 0.3) is 0 Å². The average molecular weight is 393 g/mol. The van der Waals surface area contributed by atoms with Crippen LogP contribution in [0.15, 0.2) is 28.9 Å². The van der Waals surface area contributed by atoms with E-state index in [1.807, 2.05) is 0 Å². The number of oxazole rings is 1. The summed E-state index contributed by atoms with van der Waals surface area (Å²) in [7, 11) is 0. The van der Waals surface area contributed by atoms with Crippen molar-refractivity contribution in [3.63, 3.8) is 0 Å². The number of nitrogens with one attached hydrogen (secondary N) is 1. The third kappa shape index (κ3) is 5.07. The van der Waals surface area contributed by atoms with Gasteiger partial charge in [-0.3, -0.25) is 4.79 Å². The number of nitrogens with zero attached hydrogens (tertiary/aromatic N) is 2. The summed E-state index contributed by atoms with van der Waals surface area (Å²) in [6.07, 6.45) is 3.34. The molecule has 2 heterocycles. The summed E-state index contributed by atoms with van der Waals surface area (Å²) in [4.78, 5) is 18.7. The monoisotopic (exact) mass is 393 g/mol. The number of likely N-dealkylation sites (tertiary alicyclic amines) is 1. The molecule has 0 radical (unpaired) electrons. The summed E-state index contributed by atoms with van der Waals surface area (Å²) in [5.74, 6) is -2.07. The molecule has 1 N–H and O–H groups in total. The van der Waals surface area contributed by atoms with E-state index >= 15 is 0 Å². The van der Waals surface area contributed by atoms with Crippen LogP contribution >= 0.6 is 0 Å². The third-order valence-corrected chi connectivity index (χ3v) is 4.98. The molecule has 0 bridgehead atoms. The number of ether oxygens (including phenoxy) is 1. The molecule has 1 aliphatic heterocycles. The van der Waals surface area contributed by atoms with Crippen molar-refractivity contribution in [3.05, 3.63) is 47.7 Å². The number of carbonyl (C=O) groups is 1. The first kappa shape index (κ1) is 20.3. The van der Waals surface area contributed by atoms with Gasteiger partial charge >= 0.3 is 0 Å². The van der Waals surface area contributed by atoms with Crippen molar-refractivity contribution in [2.24, 2.45) is 5.92 Å². The SMILES string of the molecule is CC(C)N1CCC(CNC(=O)c2coc(COc3cccc(F)c3F)n2)CC1. The zero-order valence-corrected chi connectivity index (χ0v) is 16.1. The molecule has 1 aromatic carbocycles.